The number of Topliss-reactive ketones (excluding diaryl/α,β-unsaturated/α-hetero) is 1. The number of rotatable bonds is 2. The lowest BCUT2D eigenvalue weighted by Crippen LogP contribution is -2.41. The summed E-state index contributed by atoms with van der Waals surface area (Å²) < 4.78 is 12.3. The van der Waals surface area contributed by atoms with E-state index in [4.69, 9.17) is 9.47 Å². The van der Waals surface area contributed by atoms with Crippen molar-refractivity contribution in [1.82, 2.24) is 4.90 Å². The van der Waals surface area contributed by atoms with Crippen LogP contribution in [-0.4, -0.2) is 23.5 Å². The second-order valence-electron chi connectivity index (χ2n) is 10.5. The average Bonchev–Trinajstić information content (AvgIpc) is 3.09. The number of fused-ring (bicyclic) bond motifs is 2. The first-order chi connectivity index (χ1) is 15.3. The monoisotopic (exact) mass is 431 g/mol. The van der Waals surface area contributed by atoms with Crippen LogP contribution in [0.5, 0.6) is 11.5 Å². The van der Waals surface area contributed by atoms with Crippen LogP contribution in [0.1, 0.15) is 85.5 Å². The van der Waals surface area contributed by atoms with Crippen molar-refractivity contribution in [2.45, 2.75) is 77.8 Å². The zero-order valence-electron chi connectivity index (χ0n) is 19.7. The SMILES string of the molecule is Cc1c2c(cc3c1O/C(=C\c1ccc(C(C)(C)C)cc1)C3=O)CN(C1CCCCC1)CO2. The lowest BCUT2D eigenvalue weighted by Gasteiger charge is -2.37. The van der Waals surface area contributed by atoms with Crippen LogP contribution in [0.15, 0.2) is 36.1 Å². The lowest BCUT2D eigenvalue weighted by molar-refractivity contribution is 0.0397. The van der Waals surface area contributed by atoms with E-state index < -0.39 is 0 Å². The zero-order chi connectivity index (χ0) is 22.5. The van der Waals surface area contributed by atoms with Gasteiger partial charge in [-0.15, -0.1) is 0 Å². The maximum atomic E-state index is 13.2. The molecule has 0 aromatic heterocycles. The Kier molecular flexibility index (Phi) is 5.37. The molecule has 168 valence electrons. The Hall–Kier alpha value is -2.59. The molecule has 2 aliphatic heterocycles. The molecule has 2 aromatic rings. The molecule has 1 fully saturated rings. The highest BCUT2D eigenvalue weighted by atomic mass is 16.5. The molecule has 0 atom stereocenters. The van der Waals surface area contributed by atoms with E-state index in [1.165, 1.54) is 37.7 Å². The molecule has 0 unspecified atom stereocenters. The lowest BCUT2D eigenvalue weighted by atomic mass is 9.86. The van der Waals surface area contributed by atoms with Crippen LogP contribution >= 0.6 is 0 Å². The summed E-state index contributed by atoms with van der Waals surface area (Å²) in [7, 11) is 0. The minimum Gasteiger partial charge on any atom is -0.477 e. The first-order valence-corrected chi connectivity index (χ1v) is 11.9. The smallest absolute Gasteiger partial charge is 0.231 e. The molecule has 4 heteroatoms. The summed E-state index contributed by atoms with van der Waals surface area (Å²) >= 11 is 0. The quantitative estimate of drug-likeness (QED) is 0.516. The largest absolute Gasteiger partial charge is 0.477 e. The van der Waals surface area contributed by atoms with E-state index in [9.17, 15) is 4.79 Å². The summed E-state index contributed by atoms with van der Waals surface area (Å²) in [6, 6.07) is 10.9. The third-order valence-corrected chi connectivity index (χ3v) is 7.13. The average molecular weight is 432 g/mol. The molecule has 2 aromatic carbocycles. The number of carbonyl (C=O) groups excluding carboxylic acids is 1. The van der Waals surface area contributed by atoms with E-state index >= 15 is 0 Å². The number of hydrogen-bond acceptors (Lipinski definition) is 4. The fraction of sp³-hybridized carbons (Fsp3) is 0.464. The van der Waals surface area contributed by atoms with Gasteiger partial charge in [0.15, 0.2) is 5.76 Å². The summed E-state index contributed by atoms with van der Waals surface area (Å²) in [5.41, 5.74) is 5.03. The van der Waals surface area contributed by atoms with Gasteiger partial charge in [-0.2, -0.15) is 0 Å². The second kappa shape index (κ2) is 8.08. The van der Waals surface area contributed by atoms with Crippen molar-refractivity contribution in [3.05, 3.63) is 63.9 Å². The number of allylic oxidation sites excluding steroid dienone is 1. The van der Waals surface area contributed by atoms with Crippen molar-refractivity contribution in [2.75, 3.05) is 6.73 Å². The topological polar surface area (TPSA) is 38.8 Å². The molecule has 4 nitrogen and oxygen atoms in total. The van der Waals surface area contributed by atoms with E-state index in [1.54, 1.807) is 0 Å². The van der Waals surface area contributed by atoms with E-state index in [0.29, 0.717) is 29.8 Å². The second-order valence-corrected chi connectivity index (χ2v) is 10.5. The van der Waals surface area contributed by atoms with Gasteiger partial charge in [0.05, 0.1) is 5.56 Å². The van der Waals surface area contributed by atoms with Crippen LogP contribution in [0.4, 0.5) is 0 Å². The first-order valence-electron chi connectivity index (χ1n) is 11.9. The normalized spacial score (nSPS) is 20.6. The Morgan fingerprint density at radius 3 is 2.44 bits per heavy atom. The Morgan fingerprint density at radius 1 is 1.03 bits per heavy atom. The van der Waals surface area contributed by atoms with Crippen molar-refractivity contribution in [3.63, 3.8) is 0 Å². The molecule has 5 rings (SSSR count). The zero-order valence-corrected chi connectivity index (χ0v) is 19.7. The molecule has 32 heavy (non-hydrogen) atoms. The van der Waals surface area contributed by atoms with Gasteiger partial charge >= 0.3 is 0 Å². The highest BCUT2D eigenvalue weighted by Crippen LogP contribution is 2.44. The Bertz CT molecular complexity index is 1070. The van der Waals surface area contributed by atoms with Crippen molar-refractivity contribution in [2.24, 2.45) is 0 Å². The van der Waals surface area contributed by atoms with Gasteiger partial charge in [0, 0.05) is 23.7 Å². The fourth-order valence-electron chi connectivity index (χ4n) is 5.18. The molecule has 1 aliphatic carbocycles. The Morgan fingerprint density at radius 2 is 1.75 bits per heavy atom. The minimum atomic E-state index is -0.0411. The van der Waals surface area contributed by atoms with Gasteiger partial charge in [-0.25, -0.2) is 0 Å². The van der Waals surface area contributed by atoms with Crippen molar-refractivity contribution in [3.8, 4) is 11.5 Å². The van der Waals surface area contributed by atoms with Crippen LogP contribution in [0, 0.1) is 6.92 Å². The molecular formula is C28H33NO3. The Labute approximate surface area is 191 Å². The number of ketones is 1. The van der Waals surface area contributed by atoms with Gasteiger partial charge in [-0.05, 0) is 48.4 Å². The summed E-state index contributed by atoms with van der Waals surface area (Å²) in [6.45, 7) is 10.1. The molecule has 0 bridgehead atoms. The highest BCUT2D eigenvalue weighted by Gasteiger charge is 2.35. The highest BCUT2D eigenvalue weighted by molar-refractivity contribution is 6.15. The van der Waals surface area contributed by atoms with Crippen LogP contribution in [0.2, 0.25) is 0 Å². The van der Waals surface area contributed by atoms with Gasteiger partial charge in [0.1, 0.15) is 18.2 Å². The van der Waals surface area contributed by atoms with Crippen LogP contribution in [-0.2, 0) is 12.0 Å². The molecular weight excluding hydrogens is 398 g/mol. The molecule has 0 radical (unpaired) electrons. The predicted octanol–water partition coefficient (Wildman–Crippen LogP) is 6.39. The fourth-order valence-corrected chi connectivity index (χ4v) is 5.18. The third-order valence-electron chi connectivity index (χ3n) is 7.13. The third kappa shape index (κ3) is 3.86. The van der Waals surface area contributed by atoms with Crippen LogP contribution in [0.25, 0.3) is 6.08 Å². The maximum absolute atomic E-state index is 13.2. The standard InChI is InChI=1S/C28H33NO3/c1-18-26-20(16-29(17-31-26)22-8-6-5-7-9-22)15-23-25(30)24(32-27(18)23)14-19-10-12-21(13-11-19)28(2,3)4/h10-15,22H,5-9,16-17H2,1-4H3/b24-14-. The molecule has 2 heterocycles. The number of carbonyl (C=O) groups is 1. The van der Waals surface area contributed by atoms with E-state index in [1.807, 2.05) is 19.1 Å². The first kappa shape index (κ1) is 21.3. The van der Waals surface area contributed by atoms with Crippen molar-refractivity contribution >= 4 is 11.9 Å². The molecule has 3 aliphatic rings. The van der Waals surface area contributed by atoms with Crippen molar-refractivity contribution in [1.29, 1.82) is 0 Å². The summed E-state index contributed by atoms with van der Waals surface area (Å²) in [6.07, 6.45) is 8.27. The summed E-state index contributed by atoms with van der Waals surface area (Å²) in [4.78, 5) is 15.6. The van der Waals surface area contributed by atoms with Gasteiger partial charge in [-0.3, -0.25) is 9.69 Å². The van der Waals surface area contributed by atoms with Gasteiger partial charge < -0.3 is 9.47 Å². The van der Waals surface area contributed by atoms with Gasteiger partial charge in [0.25, 0.3) is 0 Å². The van der Waals surface area contributed by atoms with Crippen LogP contribution in [0.3, 0.4) is 0 Å². The maximum Gasteiger partial charge on any atom is 0.231 e. The van der Waals surface area contributed by atoms with E-state index in [2.05, 4.69) is 49.9 Å². The number of ether oxygens (including phenoxy) is 2. The Balaban J connectivity index is 1.40. The van der Waals surface area contributed by atoms with Gasteiger partial charge in [-0.1, -0.05) is 64.3 Å². The molecule has 0 spiro atoms. The van der Waals surface area contributed by atoms with Crippen molar-refractivity contribution < 1.29 is 14.3 Å². The summed E-state index contributed by atoms with van der Waals surface area (Å²) in [5, 5.41) is 0. The van der Waals surface area contributed by atoms with E-state index in [0.717, 1.165) is 29.0 Å². The van der Waals surface area contributed by atoms with E-state index in [-0.39, 0.29) is 11.2 Å². The van der Waals surface area contributed by atoms with Crippen LogP contribution < -0.4 is 9.47 Å². The number of hydrogen-bond donors (Lipinski definition) is 0. The molecule has 0 N–H and O–H groups in total. The molecule has 0 amide bonds. The predicted molar refractivity (Wildman–Crippen MR) is 127 cm³/mol. The molecule has 1 saturated carbocycles. The molecule has 0 saturated heterocycles. The number of nitrogens with zero attached hydrogens (tertiary/aromatic N) is 1. The van der Waals surface area contributed by atoms with Gasteiger partial charge in [0.2, 0.25) is 5.78 Å². The number of benzene rings is 2. The summed E-state index contributed by atoms with van der Waals surface area (Å²) in [5.74, 6) is 1.88. The minimum absolute atomic E-state index is 0.0411.